The fraction of sp³-hybridized carbons (Fsp3) is 0.500. The number of benzene rings is 1. The van der Waals surface area contributed by atoms with Crippen LogP contribution in [0.15, 0.2) is 12.1 Å². The normalized spacial score (nSPS) is 17.2. The van der Waals surface area contributed by atoms with Gasteiger partial charge in [-0.1, -0.05) is 12.8 Å². The molecule has 0 atom stereocenters. The van der Waals surface area contributed by atoms with Crippen LogP contribution < -0.4 is 9.47 Å². The van der Waals surface area contributed by atoms with Crippen LogP contribution in [0, 0.1) is 5.82 Å². The average molecular weight is 268 g/mol. The quantitative estimate of drug-likeness (QED) is 0.912. The fourth-order valence-electron chi connectivity index (χ4n) is 2.90. The van der Waals surface area contributed by atoms with Crippen LogP contribution in [0.4, 0.5) is 4.39 Å². The first-order valence-electron chi connectivity index (χ1n) is 6.20. The lowest BCUT2D eigenvalue weighted by atomic mass is 9.77. The van der Waals surface area contributed by atoms with E-state index < -0.39 is 17.2 Å². The van der Waals surface area contributed by atoms with Gasteiger partial charge in [-0.25, -0.2) is 4.39 Å². The van der Waals surface area contributed by atoms with Crippen molar-refractivity contribution in [2.45, 2.75) is 31.1 Å². The Hall–Kier alpha value is -1.78. The zero-order valence-electron chi connectivity index (χ0n) is 11.0. The van der Waals surface area contributed by atoms with Crippen molar-refractivity contribution in [3.63, 3.8) is 0 Å². The number of hydrogen-bond acceptors (Lipinski definition) is 3. The molecule has 0 unspecified atom stereocenters. The summed E-state index contributed by atoms with van der Waals surface area (Å²) in [6, 6.07) is 2.42. The van der Waals surface area contributed by atoms with Crippen molar-refractivity contribution in [1.82, 2.24) is 0 Å². The highest BCUT2D eigenvalue weighted by molar-refractivity contribution is 5.84. The average Bonchev–Trinajstić information content (AvgIpc) is 2.87. The molecule has 1 aromatic carbocycles. The molecule has 0 saturated heterocycles. The van der Waals surface area contributed by atoms with Crippen molar-refractivity contribution in [3.05, 3.63) is 23.5 Å². The molecule has 0 spiro atoms. The molecule has 19 heavy (non-hydrogen) atoms. The van der Waals surface area contributed by atoms with Crippen LogP contribution in [0.3, 0.4) is 0 Å². The van der Waals surface area contributed by atoms with Gasteiger partial charge in [0, 0.05) is 12.1 Å². The highest BCUT2D eigenvalue weighted by Crippen LogP contribution is 2.49. The number of carbonyl (C=O) groups is 1. The highest BCUT2D eigenvalue weighted by atomic mass is 19.1. The number of carboxylic acids is 1. The van der Waals surface area contributed by atoms with Crippen molar-refractivity contribution in [1.29, 1.82) is 0 Å². The van der Waals surface area contributed by atoms with Gasteiger partial charge in [-0.05, 0) is 12.8 Å². The summed E-state index contributed by atoms with van der Waals surface area (Å²) < 4.78 is 23.8. The van der Waals surface area contributed by atoms with Crippen molar-refractivity contribution in [2.24, 2.45) is 0 Å². The molecular formula is C14H17FO4. The van der Waals surface area contributed by atoms with Gasteiger partial charge in [0.05, 0.1) is 25.2 Å². The second kappa shape index (κ2) is 5.07. The van der Waals surface area contributed by atoms with E-state index in [1.165, 1.54) is 26.4 Å². The molecule has 0 aromatic heterocycles. The Morgan fingerprint density at radius 2 is 1.68 bits per heavy atom. The molecule has 1 saturated carbocycles. The number of hydrogen-bond donors (Lipinski definition) is 1. The Morgan fingerprint density at radius 1 is 1.21 bits per heavy atom. The molecule has 0 bridgehead atoms. The van der Waals surface area contributed by atoms with Gasteiger partial charge in [-0.3, -0.25) is 4.79 Å². The second-order valence-corrected chi connectivity index (χ2v) is 4.78. The number of rotatable bonds is 4. The van der Waals surface area contributed by atoms with Crippen molar-refractivity contribution in [2.75, 3.05) is 14.2 Å². The van der Waals surface area contributed by atoms with E-state index in [9.17, 15) is 14.3 Å². The van der Waals surface area contributed by atoms with E-state index in [4.69, 9.17) is 9.47 Å². The fourth-order valence-corrected chi connectivity index (χ4v) is 2.90. The van der Waals surface area contributed by atoms with E-state index in [0.29, 0.717) is 18.4 Å². The molecule has 1 aromatic rings. The molecule has 0 aliphatic heterocycles. The third-order valence-electron chi connectivity index (χ3n) is 3.82. The first-order valence-corrected chi connectivity index (χ1v) is 6.20. The molecule has 0 heterocycles. The third kappa shape index (κ3) is 2.13. The predicted octanol–water partition coefficient (Wildman–Crippen LogP) is 2.74. The molecule has 1 N–H and O–H groups in total. The first-order chi connectivity index (χ1) is 9.05. The van der Waals surface area contributed by atoms with Gasteiger partial charge >= 0.3 is 5.97 Å². The van der Waals surface area contributed by atoms with Gasteiger partial charge in [0.2, 0.25) is 0 Å². The lowest BCUT2D eigenvalue weighted by molar-refractivity contribution is -0.143. The van der Waals surface area contributed by atoms with Crippen LogP contribution in [-0.2, 0) is 10.2 Å². The standard InChI is InChI=1S/C14H17FO4/c1-18-10-7-9(15)8-11(19-2)12(10)14(13(16)17)5-3-4-6-14/h7-8H,3-6H2,1-2H3,(H,16,17). The summed E-state index contributed by atoms with van der Waals surface area (Å²) in [5.74, 6) is -0.938. The minimum Gasteiger partial charge on any atom is -0.496 e. The number of aliphatic carboxylic acids is 1. The second-order valence-electron chi connectivity index (χ2n) is 4.78. The Bertz CT molecular complexity index is 467. The summed E-state index contributed by atoms with van der Waals surface area (Å²) in [4.78, 5) is 11.7. The molecule has 2 rings (SSSR count). The first kappa shape index (κ1) is 13.6. The van der Waals surface area contributed by atoms with E-state index in [-0.39, 0.29) is 11.5 Å². The van der Waals surface area contributed by atoms with Gasteiger partial charge in [0.25, 0.3) is 0 Å². The smallest absolute Gasteiger partial charge is 0.314 e. The van der Waals surface area contributed by atoms with Crippen molar-refractivity contribution in [3.8, 4) is 11.5 Å². The predicted molar refractivity (Wildman–Crippen MR) is 67.3 cm³/mol. The maximum Gasteiger partial charge on any atom is 0.314 e. The molecule has 104 valence electrons. The molecule has 0 radical (unpaired) electrons. The number of methoxy groups -OCH3 is 2. The van der Waals surface area contributed by atoms with E-state index in [1.54, 1.807) is 0 Å². The summed E-state index contributed by atoms with van der Waals surface area (Å²) >= 11 is 0. The zero-order chi connectivity index (χ0) is 14.0. The summed E-state index contributed by atoms with van der Waals surface area (Å²) in [5, 5.41) is 9.62. The maximum atomic E-state index is 13.5. The number of ether oxygens (including phenoxy) is 2. The third-order valence-corrected chi connectivity index (χ3v) is 3.82. The minimum absolute atomic E-state index is 0.237. The highest BCUT2D eigenvalue weighted by Gasteiger charge is 2.47. The molecule has 1 aliphatic carbocycles. The molecule has 1 aliphatic rings. The van der Waals surface area contributed by atoms with E-state index in [0.717, 1.165) is 12.8 Å². The van der Waals surface area contributed by atoms with Crippen molar-refractivity contribution < 1.29 is 23.8 Å². The minimum atomic E-state index is -1.04. The molecular weight excluding hydrogens is 251 g/mol. The Kier molecular flexibility index (Phi) is 3.64. The largest absolute Gasteiger partial charge is 0.496 e. The van der Waals surface area contributed by atoms with Gasteiger partial charge in [-0.2, -0.15) is 0 Å². The molecule has 4 nitrogen and oxygen atoms in total. The Labute approximate surface area is 111 Å². The van der Waals surface area contributed by atoms with Crippen molar-refractivity contribution >= 4 is 5.97 Å². The van der Waals surface area contributed by atoms with Gasteiger partial charge in [0.1, 0.15) is 17.3 Å². The van der Waals surface area contributed by atoms with Crippen LogP contribution in [0.25, 0.3) is 0 Å². The zero-order valence-corrected chi connectivity index (χ0v) is 11.0. The molecule has 1 fully saturated rings. The summed E-state index contributed by atoms with van der Waals surface area (Å²) in [5.41, 5.74) is -0.589. The lowest BCUT2D eigenvalue weighted by Crippen LogP contribution is -2.33. The van der Waals surface area contributed by atoms with E-state index in [1.807, 2.05) is 0 Å². The monoisotopic (exact) mass is 268 g/mol. The van der Waals surface area contributed by atoms with Gasteiger partial charge in [-0.15, -0.1) is 0 Å². The molecule has 5 heteroatoms. The van der Waals surface area contributed by atoms with Crippen LogP contribution in [-0.4, -0.2) is 25.3 Å². The lowest BCUT2D eigenvalue weighted by Gasteiger charge is -2.28. The summed E-state index contributed by atoms with van der Waals surface area (Å²) in [6.45, 7) is 0. The van der Waals surface area contributed by atoms with Gasteiger partial charge < -0.3 is 14.6 Å². The van der Waals surface area contributed by atoms with Crippen LogP contribution in [0.5, 0.6) is 11.5 Å². The number of carboxylic acid groups (broad SMARTS) is 1. The Balaban J connectivity index is 2.68. The molecule has 0 amide bonds. The van der Waals surface area contributed by atoms with Crippen LogP contribution in [0.1, 0.15) is 31.2 Å². The maximum absolute atomic E-state index is 13.5. The van der Waals surface area contributed by atoms with E-state index in [2.05, 4.69) is 0 Å². The summed E-state index contributed by atoms with van der Waals surface area (Å²) in [7, 11) is 2.81. The Morgan fingerprint density at radius 3 is 2.05 bits per heavy atom. The SMILES string of the molecule is COc1cc(F)cc(OC)c1C1(C(=O)O)CCCC1. The number of halogens is 1. The van der Waals surface area contributed by atoms with Crippen LogP contribution >= 0.6 is 0 Å². The summed E-state index contributed by atoms with van der Waals surface area (Å²) in [6.07, 6.45) is 2.69. The van der Waals surface area contributed by atoms with Gasteiger partial charge in [0.15, 0.2) is 0 Å². The van der Waals surface area contributed by atoms with E-state index >= 15 is 0 Å². The van der Waals surface area contributed by atoms with Crippen LogP contribution in [0.2, 0.25) is 0 Å². The topological polar surface area (TPSA) is 55.8 Å².